The van der Waals surface area contributed by atoms with Gasteiger partial charge < -0.3 is 20.4 Å². The standard InChI is InChI=1S/C14H16N4O3/c1-3-7-15-14(20)17-10-8-16-9-5-6-11(21-4-2)18-12(9)13(10)19/h3,5-6,8H,1,4,7H2,2H3,(H,16,19)(H2,15,17,20). The highest BCUT2D eigenvalue weighted by atomic mass is 16.5. The van der Waals surface area contributed by atoms with E-state index >= 15 is 0 Å². The number of aromatic amines is 1. The van der Waals surface area contributed by atoms with Gasteiger partial charge in [-0.05, 0) is 13.0 Å². The van der Waals surface area contributed by atoms with Gasteiger partial charge in [0, 0.05) is 18.8 Å². The Bertz CT molecular complexity index is 724. The fourth-order valence-electron chi connectivity index (χ4n) is 1.73. The lowest BCUT2D eigenvalue weighted by Gasteiger charge is -2.07. The molecule has 0 saturated heterocycles. The van der Waals surface area contributed by atoms with Gasteiger partial charge in [-0.3, -0.25) is 4.79 Å². The van der Waals surface area contributed by atoms with Crippen molar-refractivity contribution in [1.29, 1.82) is 0 Å². The first-order chi connectivity index (χ1) is 10.2. The first kappa shape index (κ1) is 14.6. The number of pyridine rings is 2. The number of anilines is 1. The van der Waals surface area contributed by atoms with Crippen molar-refractivity contribution in [3.8, 4) is 5.88 Å². The summed E-state index contributed by atoms with van der Waals surface area (Å²) in [5.74, 6) is 0.365. The Morgan fingerprint density at radius 2 is 2.33 bits per heavy atom. The maximum Gasteiger partial charge on any atom is 0.319 e. The van der Waals surface area contributed by atoms with Crippen LogP contribution >= 0.6 is 0 Å². The van der Waals surface area contributed by atoms with Gasteiger partial charge in [0.05, 0.1) is 12.1 Å². The van der Waals surface area contributed by atoms with Gasteiger partial charge in [-0.25, -0.2) is 9.78 Å². The molecule has 0 fully saturated rings. The number of hydrogen-bond acceptors (Lipinski definition) is 4. The predicted octanol–water partition coefficient (Wildman–Crippen LogP) is 1.63. The number of H-pyrrole nitrogens is 1. The number of nitrogens with zero attached hydrogens (tertiary/aromatic N) is 1. The molecule has 0 aromatic carbocycles. The molecule has 2 amide bonds. The van der Waals surface area contributed by atoms with Crippen molar-refractivity contribution in [3.05, 3.63) is 41.2 Å². The summed E-state index contributed by atoms with van der Waals surface area (Å²) in [5.41, 5.74) is 0.521. The van der Waals surface area contributed by atoms with Gasteiger partial charge in [-0.2, -0.15) is 0 Å². The molecule has 0 spiro atoms. The number of carbonyl (C=O) groups is 1. The zero-order valence-corrected chi connectivity index (χ0v) is 11.6. The monoisotopic (exact) mass is 288 g/mol. The fourth-order valence-corrected chi connectivity index (χ4v) is 1.73. The van der Waals surface area contributed by atoms with Crippen molar-refractivity contribution in [2.75, 3.05) is 18.5 Å². The average Bonchev–Trinajstić information content (AvgIpc) is 2.49. The van der Waals surface area contributed by atoms with Crippen molar-refractivity contribution in [1.82, 2.24) is 15.3 Å². The van der Waals surface area contributed by atoms with E-state index in [9.17, 15) is 9.59 Å². The third kappa shape index (κ3) is 3.38. The quantitative estimate of drug-likeness (QED) is 0.728. The minimum Gasteiger partial charge on any atom is -0.478 e. The molecule has 0 aliphatic heterocycles. The number of fused-ring (bicyclic) bond motifs is 1. The van der Waals surface area contributed by atoms with Crippen molar-refractivity contribution in [2.24, 2.45) is 0 Å². The molecule has 2 heterocycles. The van der Waals surface area contributed by atoms with Crippen molar-refractivity contribution in [2.45, 2.75) is 6.92 Å². The number of amides is 2. The minimum atomic E-state index is -0.485. The van der Waals surface area contributed by atoms with E-state index < -0.39 is 6.03 Å². The van der Waals surface area contributed by atoms with Gasteiger partial charge >= 0.3 is 6.03 Å². The lowest BCUT2D eigenvalue weighted by molar-refractivity contribution is 0.253. The summed E-state index contributed by atoms with van der Waals surface area (Å²) in [6.45, 7) is 6.09. The molecular weight excluding hydrogens is 272 g/mol. The number of rotatable bonds is 5. The number of aromatic nitrogens is 2. The number of carbonyl (C=O) groups excluding carboxylic acids is 1. The molecule has 0 aliphatic carbocycles. The van der Waals surface area contributed by atoms with Crippen molar-refractivity contribution >= 4 is 22.8 Å². The molecule has 21 heavy (non-hydrogen) atoms. The summed E-state index contributed by atoms with van der Waals surface area (Å²) in [6.07, 6.45) is 2.97. The molecule has 3 N–H and O–H groups in total. The van der Waals surface area contributed by atoms with Gasteiger partial charge in [0.1, 0.15) is 11.2 Å². The van der Waals surface area contributed by atoms with Gasteiger partial charge in [-0.15, -0.1) is 6.58 Å². The normalized spacial score (nSPS) is 10.1. The largest absolute Gasteiger partial charge is 0.478 e. The number of nitrogens with one attached hydrogen (secondary N) is 3. The van der Waals surface area contributed by atoms with E-state index in [1.54, 1.807) is 18.2 Å². The van der Waals surface area contributed by atoms with Crippen LogP contribution in [0.3, 0.4) is 0 Å². The Kier molecular flexibility index (Phi) is 4.55. The highest BCUT2D eigenvalue weighted by molar-refractivity contribution is 5.91. The molecule has 0 unspecified atom stereocenters. The van der Waals surface area contributed by atoms with Crippen LogP contribution in [0.15, 0.2) is 35.8 Å². The Morgan fingerprint density at radius 1 is 1.52 bits per heavy atom. The Hall–Kier alpha value is -2.83. The second-order valence-electron chi connectivity index (χ2n) is 4.13. The lowest BCUT2D eigenvalue weighted by atomic mass is 10.3. The van der Waals surface area contributed by atoms with Gasteiger partial charge in [0.15, 0.2) is 0 Å². The maximum atomic E-state index is 12.3. The summed E-state index contributed by atoms with van der Waals surface area (Å²) >= 11 is 0. The van der Waals surface area contributed by atoms with Crippen LogP contribution in [-0.2, 0) is 0 Å². The zero-order valence-electron chi connectivity index (χ0n) is 11.6. The molecule has 2 aromatic rings. The van der Waals surface area contributed by atoms with Crippen LogP contribution in [0, 0.1) is 0 Å². The van der Waals surface area contributed by atoms with Crippen LogP contribution < -0.4 is 20.8 Å². The molecule has 0 atom stereocenters. The van der Waals surface area contributed by atoms with Gasteiger partial charge in [0.25, 0.3) is 0 Å². The topological polar surface area (TPSA) is 96.1 Å². The summed E-state index contributed by atoms with van der Waals surface area (Å²) in [5, 5.41) is 4.99. The second kappa shape index (κ2) is 6.56. The highest BCUT2D eigenvalue weighted by Gasteiger charge is 2.10. The molecule has 7 nitrogen and oxygen atoms in total. The second-order valence-corrected chi connectivity index (χ2v) is 4.13. The molecule has 0 aliphatic rings. The Balaban J connectivity index is 2.33. The van der Waals surface area contributed by atoms with Gasteiger partial charge in [-0.1, -0.05) is 6.08 Å². The molecule has 0 bridgehead atoms. The molecule has 7 heteroatoms. The van der Waals surface area contributed by atoms with E-state index in [-0.39, 0.29) is 16.6 Å². The maximum absolute atomic E-state index is 12.3. The van der Waals surface area contributed by atoms with Crippen LogP contribution in [0.4, 0.5) is 10.5 Å². The zero-order chi connectivity index (χ0) is 15.2. The van der Waals surface area contributed by atoms with Crippen LogP contribution in [-0.4, -0.2) is 29.2 Å². The van der Waals surface area contributed by atoms with Crippen molar-refractivity contribution < 1.29 is 9.53 Å². The Morgan fingerprint density at radius 3 is 3.05 bits per heavy atom. The highest BCUT2D eigenvalue weighted by Crippen LogP contribution is 2.13. The molecule has 2 rings (SSSR count). The van der Waals surface area contributed by atoms with Crippen LogP contribution in [0.25, 0.3) is 11.0 Å². The minimum absolute atomic E-state index is 0.116. The summed E-state index contributed by atoms with van der Waals surface area (Å²) < 4.78 is 5.27. The van der Waals surface area contributed by atoms with E-state index in [0.717, 1.165) is 0 Å². The first-order valence-electron chi connectivity index (χ1n) is 6.46. The molecule has 0 saturated carbocycles. The van der Waals surface area contributed by atoms with Crippen LogP contribution in [0.5, 0.6) is 5.88 Å². The van der Waals surface area contributed by atoms with Crippen LogP contribution in [0.1, 0.15) is 6.92 Å². The smallest absolute Gasteiger partial charge is 0.319 e. The molecular formula is C14H16N4O3. The first-order valence-corrected chi connectivity index (χ1v) is 6.46. The SMILES string of the molecule is C=CCNC(=O)Nc1c[nH]c2ccc(OCC)nc2c1=O. The third-order valence-corrected chi connectivity index (χ3v) is 2.65. The molecule has 0 radical (unpaired) electrons. The third-order valence-electron chi connectivity index (χ3n) is 2.65. The summed E-state index contributed by atoms with van der Waals surface area (Å²) in [6, 6.07) is 2.89. The molecule has 2 aromatic heterocycles. The molecule has 110 valence electrons. The number of hydrogen-bond donors (Lipinski definition) is 3. The van der Waals surface area contributed by atoms with E-state index in [4.69, 9.17) is 4.74 Å². The van der Waals surface area contributed by atoms with Crippen molar-refractivity contribution in [3.63, 3.8) is 0 Å². The summed E-state index contributed by atoms with van der Waals surface area (Å²) in [7, 11) is 0. The fraction of sp³-hybridized carbons (Fsp3) is 0.214. The van der Waals surface area contributed by atoms with Gasteiger partial charge in [0.2, 0.25) is 11.3 Å². The van der Waals surface area contributed by atoms with Crippen LogP contribution in [0.2, 0.25) is 0 Å². The number of urea groups is 1. The van der Waals surface area contributed by atoms with E-state index in [1.807, 2.05) is 6.92 Å². The van der Waals surface area contributed by atoms with E-state index in [1.165, 1.54) is 6.20 Å². The number of ether oxygens (including phenoxy) is 1. The predicted molar refractivity (Wildman–Crippen MR) is 80.8 cm³/mol. The van der Waals surface area contributed by atoms with E-state index in [0.29, 0.717) is 24.5 Å². The Labute approximate surface area is 121 Å². The average molecular weight is 288 g/mol. The summed E-state index contributed by atoms with van der Waals surface area (Å²) in [4.78, 5) is 30.9. The van der Waals surface area contributed by atoms with E-state index in [2.05, 4.69) is 27.2 Å². The lowest BCUT2D eigenvalue weighted by Crippen LogP contribution is -2.30.